The summed E-state index contributed by atoms with van der Waals surface area (Å²) in [5.74, 6) is 0.685. The number of ether oxygens (including phenoxy) is 2. The minimum Gasteiger partial charge on any atom is -0.489 e. The van der Waals surface area contributed by atoms with E-state index in [4.69, 9.17) is 9.47 Å². The Hall–Kier alpha value is -1.55. The van der Waals surface area contributed by atoms with Crippen LogP contribution in [-0.4, -0.2) is 25.7 Å². The molecule has 1 N–H and O–H groups in total. The highest BCUT2D eigenvalue weighted by Gasteiger charge is 2.16. The molecule has 1 aliphatic rings. The highest BCUT2D eigenvalue weighted by atomic mass is 16.5. The second-order valence-corrected chi connectivity index (χ2v) is 3.70. The molecule has 86 valence electrons. The van der Waals surface area contributed by atoms with Crippen molar-refractivity contribution >= 4 is 12.1 Å². The Bertz CT molecular complexity index is 348. The number of hydrogen-bond donors (Lipinski definition) is 1. The summed E-state index contributed by atoms with van der Waals surface area (Å²) in [6.07, 6.45) is 2.98. The maximum Gasteiger partial charge on any atom is 0.211 e. The summed E-state index contributed by atoms with van der Waals surface area (Å²) in [6.45, 7) is 1.36. The molecule has 1 unspecified atom stereocenters. The van der Waals surface area contributed by atoms with Crippen molar-refractivity contribution < 1.29 is 14.3 Å². The van der Waals surface area contributed by atoms with E-state index in [2.05, 4.69) is 5.32 Å². The summed E-state index contributed by atoms with van der Waals surface area (Å²) in [6, 6.07) is 7.37. The first kappa shape index (κ1) is 11.0. The number of para-hydroxylation sites is 2. The summed E-state index contributed by atoms with van der Waals surface area (Å²) in [5.41, 5.74) is 0.690. The molecule has 1 aromatic carbocycles. The number of nitrogens with one attached hydrogen (secondary N) is 1. The van der Waals surface area contributed by atoms with Gasteiger partial charge in [-0.2, -0.15) is 0 Å². The summed E-state index contributed by atoms with van der Waals surface area (Å²) < 4.78 is 11.1. The first-order valence-electron chi connectivity index (χ1n) is 5.44. The Morgan fingerprint density at radius 1 is 1.50 bits per heavy atom. The third kappa shape index (κ3) is 2.73. The van der Waals surface area contributed by atoms with E-state index >= 15 is 0 Å². The molecule has 0 aliphatic carbocycles. The molecule has 1 atom stereocenters. The van der Waals surface area contributed by atoms with Crippen LogP contribution >= 0.6 is 0 Å². The predicted octanol–water partition coefficient (Wildman–Crippen LogP) is 1.81. The van der Waals surface area contributed by atoms with Crippen molar-refractivity contribution in [1.82, 2.24) is 0 Å². The van der Waals surface area contributed by atoms with Gasteiger partial charge >= 0.3 is 0 Å². The van der Waals surface area contributed by atoms with Gasteiger partial charge in [-0.3, -0.25) is 4.79 Å². The monoisotopic (exact) mass is 221 g/mol. The van der Waals surface area contributed by atoms with E-state index < -0.39 is 0 Å². The first-order chi connectivity index (χ1) is 7.90. The molecule has 1 aromatic rings. The topological polar surface area (TPSA) is 47.6 Å². The highest BCUT2D eigenvalue weighted by molar-refractivity contribution is 5.75. The van der Waals surface area contributed by atoms with E-state index in [1.54, 1.807) is 6.07 Å². The normalized spacial score (nSPS) is 19.4. The zero-order valence-electron chi connectivity index (χ0n) is 9.02. The van der Waals surface area contributed by atoms with Crippen LogP contribution in [0.3, 0.4) is 0 Å². The van der Waals surface area contributed by atoms with E-state index in [9.17, 15) is 4.79 Å². The van der Waals surface area contributed by atoms with Gasteiger partial charge in [0.1, 0.15) is 12.4 Å². The van der Waals surface area contributed by atoms with Gasteiger partial charge < -0.3 is 14.8 Å². The fourth-order valence-corrected chi connectivity index (χ4v) is 1.73. The Balaban J connectivity index is 1.94. The van der Waals surface area contributed by atoms with Crippen molar-refractivity contribution in [3.05, 3.63) is 24.3 Å². The number of carbonyl (C=O) groups is 1. The van der Waals surface area contributed by atoms with E-state index in [-0.39, 0.29) is 6.10 Å². The SMILES string of the molecule is O=CNc1ccccc1OCC1CCCO1. The van der Waals surface area contributed by atoms with Crippen LogP contribution in [0.1, 0.15) is 12.8 Å². The number of benzene rings is 1. The van der Waals surface area contributed by atoms with Crippen molar-refractivity contribution in [3.63, 3.8) is 0 Å². The Morgan fingerprint density at radius 3 is 3.12 bits per heavy atom. The minimum atomic E-state index is 0.185. The number of hydrogen-bond acceptors (Lipinski definition) is 3. The predicted molar refractivity (Wildman–Crippen MR) is 60.6 cm³/mol. The largest absolute Gasteiger partial charge is 0.489 e. The molecule has 4 heteroatoms. The van der Waals surface area contributed by atoms with E-state index in [1.165, 1.54) is 0 Å². The van der Waals surface area contributed by atoms with E-state index in [0.717, 1.165) is 19.4 Å². The summed E-state index contributed by atoms with van der Waals surface area (Å²) >= 11 is 0. The van der Waals surface area contributed by atoms with Crippen LogP contribution in [0, 0.1) is 0 Å². The Morgan fingerprint density at radius 2 is 2.38 bits per heavy atom. The van der Waals surface area contributed by atoms with Crippen LogP contribution in [0.4, 0.5) is 5.69 Å². The second kappa shape index (κ2) is 5.51. The van der Waals surface area contributed by atoms with Crippen LogP contribution in [-0.2, 0) is 9.53 Å². The number of anilines is 1. The molecule has 1 aliphatic heterocycles. The summed E-state index contributed by atoms with van der Waals surface area (Å²) in [4.78, 5) is 10.4. The molecule has 1 heterocycles. The van der Waals surface area contributed by atoms with Crippen molar-refractivity contribution in [2.75, 3.05) is 18.5 Å². The minimum absolute atomic E-state index is 0.185. The summed E-state index contributed by atoms with van der Waals surface area (Å²) in [5, 5.41) is 2.61. The van der Waals surface area contributed by atoms with Gasteiger partial charge in [0, 0.05) is 6.61 Å². The molecule has 16 heavy (non-hydrogen) atoms. The highest BCUT2D eigenvalue weighted by Crippen LogP contribution is 2.24. The third-order valence-electron chi connectivity index (χ3n) is 2.55. The van der Waals surface area contributed by atoms with Gasteiger partial charge in [0.15, 0.2) is 0 Å². The summed E-state index contributed by atoms with van der Waals surface area (Å²) in [7, 11) is 0. The molecule has 0 radical (unpaired) electrons. The molecule has 0 bridgehead atoms. The molecule has 1 amide bonds. The molecule has 1 fully saturated rings. The molecule has 0 spiro atoms. The third-order valence-corrected chi connectivity index (χ3v) is 2.55. The Kier molecular flexibility index (Phi) is 3.77. The van der Waals surface area contributed by atoms with Gasteiger partial charge in [-0.1, -0.05) is 12.1 Å². The van der Waals surface area contributed by atoms with Gasteiger partial charge in [0.05, 0.1) is 11.8 Å². The van der Waals surface area contributed by atoms with Crippen molar-refractivity contribution in [1.29, 1.82) is 0 Å². The first-order valence-corrected chi connectivity index (χ1v) is 5.44. The fraction of sp³-hybridized carbons (Fsp3) is 0.417. The smallest absolute Gasteiger partial charge is 0.211 e. The van der Waals surface area contributed by atoms with Crippen LogP contribution in [0.25, 0.3) is 0 Å². The van der Waals surface area contributed by atoms with E-state index in [1.807, 2.05) is 18.2 Å². The molecular weight excluding hydrogens is 206 g/mol. The molecule has 4 nitrogen and oxygen atoms in total. The van der Waals surface area contributed by atoms with Crippen LogP contribution in [0.5, 0.6) is 5.75 Å². The van der Waals surface area contributed by atoms with Crippen LogP contribution in [0.15, 0.2) is 24.3 Å². The van der Waals surface area contributed by atoms with Gasteiger partial charge in [0.2, 0.25) is 6.41 Å². The second-order valence-electron chi connectivity index (χ2n) is 3.70. The Labute approximate surface area is 94.6 Å². The van der Waals surface area contributed by atoms with Crippen molar-refractivity contribution in [2.45, 2.75) is 18.9 Å². The standard InChI is InChI=1S/C12H15NO3/c14-9-13-11-5-1-2-6-12(11)16-8-10-4-3-7-15-10/h1-2,5-6,9-10H,3-4,7-8H2,(H,13,14). The number of rotatable bonds is 5. The van der Waals surface area contributed by atoms with E-state index in [0.29, 0.717) is 24.5 Å². The maximum atomic E-state index is 10.4. The zero-order chi connectivity index (χ0) is 11.2. The lowest BCUT2D eigenvalue weighted by Crippen LogP contribution is -2.16. The average Bonchev–Trinajstić information content (AvgIpc) is 2.81. The maximum absolute atomic E-state index is 10.4. The van der Waals surface area contributed by atoms with Gasteiger partial charge in [-0.05, 0) is 25.0 Å². The van der Waals surface area contributed by atoms with Crippen LogP contribution < -0.4 is 10.1 Å². The number of carbonyl (C=O) groups excluding carboxylic acids is 1. The lowest BCUT2D eigenvalue weighted by Gasteiger charge is -2.13. The van der Waals surface area contributed by atoms with Crippen LogP contribution in [0.2, 0.25) is 0 Å². The van der Waals surface area contributed by atoms with Crippen molar-refractivity contribution in [3.8, 4) is 5.75 Å². The van der Waals surface area contributed by atoms with Crippen molar-refractivity contribution in [2.24, 2.45) is 0 Å². The lowest BCUT2D eigenvalue weighted by atomic mass is 10.2. The molecule has 1 saturated heterocycles. The molecule has 0 aromatic heterocycles. The lowest BCUT2D eigenvalue weighted by molar-refractivity contribution is -0.105. The van der Waals surface area contributed by atoms with Gasteiger partial charge in [-0.15, -0.1) is 0 Å². The molecule has 0 saturated carbocycles. The molecule has 2 rings (SSSR count). The average molecular weight is 221 g/mol. The number of amides is 1. The molecular formula is C12H15NO3. The van der Waals surface area contributed by atoms with Gasteiger partial charge in [-0.25, -0.2) is 0 Å². The van der Waals surface area contributed by atoms with Gasteiger partial charge in [0.25, 0.3) is 0 Å². The fourth-order valence-electron chi connectivity index (χ4n) is 1.73. The zero-order valence-corrected chi connectivity index (χ0v) is 9.02. The quantitative estimate of drug-likeness (QED) is 0.771.